The monoisotopic (exact) mass is 280 g/mol. The molecule has 1 atom stereocenters. The van der Waals surface area contributed by atoms with E-state index in [0.717, 1.165) is 25.9 Å². The zero-order valence-corrected chi connectivity index (χ0v) is 11.8. The number of hydrogen-bond acceptors (Lipinski definition) is 4. The molecule has 1 saturated heterocycles. The van der Waals surface area contributed by atoms with Gasteiger partial charge in [0, 0.05) is 26.7 Å². The molecule has 7 heteroatoms. The first-order valence-corrected chi connectivity index (χ1v) is 6.77. The molecule has 1 aromatic rings. The summed E-state index contributed by atoms with van der Waals surface area (Å²) < 4.78 is 1.52. The number of nitrogens with one attached hydrogen (secondary N) is 1. The Morgan fingerprint density at radius 1 is 1.45 bits per heavy atom. The van der Waals surface area contributed by atoms with Crippen LogP contribution in [-0.2, 0) is 18.4 Å². The number of carboxylic acids is 1. The van der Waals surface area contributed by atoms with Gasteiger partial charge in [0.15, 0.2) is 0 Å². The molecule has 1 aliphatic rings. The topological polar surface area (TPSA) is 87.5 Å². The quantitative estimate of drug-likeness (QED) is 0.805. The molecule has 1 amide bonds. The van der Waals surface area contributed by atoms with Gasteiger partial charge in [-0.25, -0.2) is 4.79 Å². The van der Waals surface area contributed by atoms with E-state index >= 15 is 0 Å². The van der Waals surface area contributed by atoms with Crippen LogP contribution < -0.4 is 5.32 Å². The third-order valence-corrected chi connectivity index (χ3v) is 3.66. The average molecular weight is 280 g/mol. The fraction of sp³-hybridized carbons (Fsp3) is 0.615. The predicted molar refractivity (Wildman–Crippen MR) is 72.3 cm³/mol. The molecule has 1 aromatic heterocycles. The van der Waals surface area contributed by atoms with Gasteiger partial charge in [-0.15, -0.1) is 0 Å². The lowest BCUT2D eigenvalue weighted by Crippen LogP contribution is -2.43. The van der Waals surface area contributed by atoms with Crippen LogP contribution in [0.3, 0.4) is 0 Å². The van der Waals surface area contributed by atoms with Crippen molar-refractivity contribution in [1.29, 1.82) is 0 Å². The summed E-state index contributed by atoms with van der Waals surface area (Å²) in [7, 11) is 1.69. The summed E-state index contributed by atoms with van der Waals surface area (Å²) >= 11 is 0. The van der Waals surface area contributed by atoms with Crippen molar-refractivity contribution >= 4 is 11.9 Å². The second-order valence-corrected chi connectivity index (χ2v) is 5.07. The molecule has 0 radical (unpaired) electrons. The summed E-state index contributed by atoms with van der Waals surface area (Å²) in [5.41, 5.74) is 0.736. The lowest BCUT2D eigenvalue weighted by molar-refractivity contribution is -0.132. The first-order chi connectivity index (χ1) is 9.50. The van der Waals surface area contributed by atoms with Crippen molar-refractivity contribution < 1.29 is 14.7 Å². The largest absolute Gasteiger partial charge is 0.478 e. The lowest BCUT2D eigenvalue weighted by Gasteiger charge is -2.21. The minimum Gasteiger partial charge on any atom is -0.478 e. The van der Waals surface area contributed by atoms with Crippen LogP contribution in [0.4, 0.5) is 0 Å². The summed E-state index contributed by atoms with van der Waals surface area (Å²) in [4.78, 5) is 25.0. The second kappa shape index (κ2) is 6.04. The van der Waals surface area contributed by atoms with E-state index in [2.05, 4.69) is 10.4 Å². The van der Waals surface area contributed by atoms with Crippen LogP contribution in [0.1, 0.15) is 35.8 Å². The molecule has 0 saturated carbocycles. The van der Waals surface area contributed by atoms with Crippen LogP contribution in [0.2, 0.25) is 0 Å². The van der Waals surface area contributed by atoms with Gasteiger partial charge in [-0.05, 0) is 19.8 Å². The third-order valence-electron chi connectivity index (χ3n) is 3.66. The van der Waals surface area contributed by atoms with Crippen LogP contribution in [0.5, 0.6) is 0 Å². The van der Waals surface area contributed by atoms with Gasteiger partial charge in [0.1, 0.15) is 5.56 Å². The number of carboxylic acid groups (broad SMARTS) is 1. The smallest absolute Gasteiger partial charge is 0.339 e. The molecule has 0 aromatic carbocycles. The molecular weight excluding hydrogens is 260 g/mol. The summed E-state index contributed by atoms with van der Waals surface area (Å²) in [6, 6.07) is -0.329. The van der Waals surface area contributed by atoms with Gasteiger partial charge >= 0.3 is 5.97 Å². The van der Waals surface area contributed by atoms with Gasteiger partial charge in [-0.2, -0.15) is 5.10 Å². The SMILES string of the molecule is CC(NCc1c(C(=O)O)cnn1C)C(=O)N1CCCC1. The zero-order chi connectivity index (χ0) is 14.7. The fourth-order valence-corrected chi connectivity index (χ4v) is 2.40. The van der Waals surface area contributed by atoms with Crippen LogP contribution in [0.25, 0.3) is 0 Å². The predicted octanol–water partition coefficient (Wildman–Crippen LogP) is 0.219. The van der Waals surface area contributed by atoms with E-state index in [1.165, 1.54) is 10.9 Å². The van der Waals surface area contributed by atoms with Crippen molar-refractivity contribution in [3.63, 3.8) is 0 Å². The van der Waals surface area contributed by atoms with Gasteiger partial charge in [0.25, 0.3) is 0 Å². The van der Waals surface area contributed by atoms with Crippen molar-refractivity contribution in [1.82, 2.24) is 20.0 Å². The summed E-state index contributed by atoms with van der Waals surface area (Å²) in [5.74, 6) is -0.935. The molecule has 110 valence electrons. The number of rotatable bonds is 5. The summed E-state index contributed by atoms with van der Waals surface area (Å²) in [6.45, 7) is 3.74. The van der Waals surface area contributed by atoms with Crippen molar-refractivity contribution in [2.24, 2.45) is 7.05 Å². The average Bonchev–Trinajstić information content (AvgIpc) is 3.04. The van der Waals surface area contributed by atoms with Crippen molar-refractivity contribution in [2.45, 2.75) is 32.4 Å². The van der Waals surface area contributed by atoms with Gasteiger partial charge in [-0.3, -0.25) is 9.48 Å². The van der Waals surface area contributed by atoms with Crippen LogP contribution >= 0.6 is 0 Å². The van der Waals surface area contributed by atoms with Gasteiger partial charge < -0.3 is 15.3 Å². The van der Waals surface area contributed by atoms with E-state index in [1.807, 2.05) is 4.90 Å². The normalized spacial score (nSPS) is 16.4. The highest BCUT2D eigenvalue weighted by Gasteiger charge is 2.23. The van der Waals surface area contributed by atoms with Crippen molar-refractivity contribution in [3.8, 4) is 0 Å². The molecule has 0 spiro atoms. The van der Waals surface area contributed by atoms with E-state index in [4.69, 9.17) is 5.11 Å². The first kappa shape index (κ1) is 14.5. The van der Waals surface area contributed by atoms with Crippen LogP contribution in [0, 0.1) is 0 Å². The number of likely N-dealkylation sites (tertiary alicyclic amines) is 1. The highest BCUT2D eigenvalue weighted by Crippen LogP contribution is 2.11. The Bertz CT molecular complexity index is 506. The maximum absolute atomic E-state index is 12.1. The molecule has 2 rings (SSSR count). The molecular formula is C13H20N4O3. The summed E-state index contributed by atoms with van der Waals surface area (Å²) in [6.07, 6.45) is 3.44. The molecule has 1 fully saturated rings. The molecule has 2 N–H and O–H groups in total. The Balaban J connectivity index is 1.96. The first-order valence-electron chi connectivity index (χ1n) is 6.77. The molecule has 7 nitrogen and oxygen atoms in total. The Labute approximate surface area is 117 Å². The standard InChI is InChI=1S/C13H20N4O3/c1-9(12(18)17-5-3-4-6-17)14-8-11-10(13(19)20)7-15-16(11)2/h7,9,14H,3-6,8H2,1-2H3,(H,19,20). The molecule has 0 aliphatic carbocycles. The minimum absolute atomic E-state index is 0.0709. The highest BCUT2D eigenvalue weighted by atomic mass is 16.4. The number of carbonyl (C=O) groups is 2. The Hall–Kier alpha value is -1.89. The fourth-order valence-electron chi connectivity index (χ4n) is 2.40. The van der Waals surface area contributed by atoms with E-state index in [-0.39, 0.29) is 17.5 Å². The number of aromatic nitrogens is 2. The Morgan fingerprint density at radius 3 is 2.70 bits per heavy atom. The third kappa shape index (κ3) is 2.98. The number of nitrogens with zero attached hydrogens (tertiary/aromatic N) is 3. The Kier molecular flexibility index (Phi) is 4.39. The highest BCUT2D eigenvalue weighted by molar-refractivity contribution is 5.88. The van der Waals surface area contributed by atoms with Gasteiger partial charge in [0.05, 0.1) is 17.9 Å². The van der Waals surface area contributed by atoms with Crippen molar-refractivity contribution in [3.05, 3.63) is 17.5 Å². The molecule has 0 bridgehead atoms. The number of aryl methyl sites for hydroxylation is 1. The molecule has 1 aliphatic heterocycles. The van der Waals surface area contributed by atoms with Crippen LogP contribution in [-0.4, -0.2) is 50.8 Å². The maximum Gasteiger partial charge on any atom is 0.339 e. The van der Waals surface area contributed by atoms with Gasteiger partial charge in [0.2, 0.25) is 5.91 Å². The number of amides is 1. The number of aromatic carboxylic acids is 1. The van der Waals surface area contributed by atoms with E-state index in [9.17, 15) is 9.59 Å². The van der Waals surface area contributed by atoms with E-state index < -0.39 is 5.97 Å². The van der Waals surface area contributed by atoms with E-state index in [0.29, 0.717) is 12.2 Å². The number of hydrogen-bond donors (Lipinski definition) is 2. The molecule has 1 unspecified atom stereocenters. The van der Waals surface area contributed by atoms with Gasteiger partial charge in [-0.1, -0.05) is 0 Å². The van der Waals surface area contributed by atoms with E-state index in [1.54, 1.807) is 14.0 Å². The maximum atomic E-state index is 12.1. The zero-order valence-electron chi connectivity index (χ0n) is 11.8. The summed E-state index contributed by atoms with van der Waals surface area (Å²) in [5, 5.41) is 16.1. The Morgan fingerprint density at radius 2 is 2.10 bits per heavy atom. The molecule has 2 heterocycles. The number of carbonyl (C=O) groups excluding carboxylic acids is 1. The lowest BCUT2D eigenvalue weighted by atomic mass is 10.2. The van der Waals surface area contributed by atoms with Crippen LogP contribution in [0.15, 0.2) is 6.20 Å². The molecule has 20 heavy (non-hydrogen) atoms. The van der Waals surface area contributed by atoms with Crippen molar-refractivity contribution in [2.75, 3.05) is 13.1 Å². The second-order valence-electron chi connectivity index (χ2n) is 5.07. The minimum atomic E-state index is -1.01.